The number of hydrogen-bond acceptors (Lipinski definition) is 5. The first-order chi connectivity index (χ1) is 14.5. The van der Waals surface area contributed by atoms with Gasteiger partial charge in [0.25, 0.3) is 0 Å². The van der Waals surface area contributed by atoms with Gasteiger partial charge in [0.2, 0.25) is 11.8 Å². The number of carbonyl (C=O) groups excluding carboxylic acids is 2. The summed E-state index contributed by atoms with van der Waals surface area (Å²) in [4.78, 5) is 25.6. The summed E-state index contributed by atoms with van der Waals surface area (Å²) < 4.78 is 29.6. The number of imide groups is 1. The fourth-order valence-electron chi connectivity index (χ4n) is 4.92. The third-order valence-electron chi connectivity index (χ3n) is 6.63. The van der Waals surface area contributed by atoms with Crippen LogP contribution in [0.5, 0.6) is 0 Å². The molecule has 164 valence electrons. The van der Waals surface area contributed by atoms with Crippen LogP contribution in [-0.4, -0.2) is 55.5 Å². The van der Waals surface area contributed by atoms with Crippen LogP contribution in [-0.2, 0) is 9.59 Å². The Labute approximate surface area is 175 Å². The number of anilines is 1. The maximum atomic E-state index is 14.8. The lowest BCUT2D eigenvalue weighted by molar-refractivity contribution is -0.133. The number of nitrogens with one attached hydrogen (secondary N) is 3. The van der Waals surface area contributed by atoms with Crippen molar-refractivity contribution in [3.05, 3.63) is 29.3 Å². The summed E-state index contributed by atoms with van der Waals surface area (Å²) >= 11 is 0. The van der Waals surface area contributed by atoms with Crippen LogP contribution in [0.2, 0.25) is 0 Å². The van der Waals surface area contributed by atoms with Gasteiger partial charge < -0.3 is 15.5 Å². The number of benzene rings is 1. The Morgan fingerprint density at radius 3 is 2.30 bits per heavy atom. The number of likely N-dealkylation sites (tertiary alicyclic amines) is 1. The summed E-state index contributed by atoms with van der Waals surface area (Å²) in [5, 5.41) is 8.48. The zero-order chi connectivity index (χ0) is 21.1. The van der Waals surface area contributed by atoms with E-state index in [4.69, 9.17) is 0 Å². The van der Waals surface area contributed by atoms with Crippen molar-refractivity contribution in [2.45, 2.75) is 50.5 Å². The van der Waals surface area contributed by atoms with Crippen LogP contribution in [0.4, 0.5) is 14.5 Å². The highest BCUT2D eigenvalue weighted by Crippen LogP contribution is 2.34. The Kier molecular flexibility index (Phi) is 6.63. The summed E-state index contributed by atoms with van der Waals surface area (Å²) in [7, 11) is 0. The van der Waals surface area contributed by atoms with Crippen molar-refractivity contribution in [2.75, 3.05) is 38.0 Å². The number of amides is 2. The molecule has 3 N–H and O–H groups in total. The molecular weight excluding hydrogens is 390 g/mol. The van der Waals surface area contributed by atoms with E-state index in [9.17, 15) is 18.4 Å². The van der Waals surface area contributed by atoms with E-state index >= 15 is 0 Å². The van der Waals surface area contributed by atoms with Crippen molar-refractivity contribution in [1.29, 1.82) is 0 Å². The van der Waals surface area contributed by atoms with Crippen LogP contribution in [0.1, 0.15) is 50.0 Å². The summed E-state index contributed by atoms with van der Waals surface area (Å²) in [6.45, 7) is 4.97. The quantitative estimate of drug-likeness (QED) is 0.638. The third kappa shape index (κ3) is 4.98. The van der Waals surface area contributed by atoms with Crippen LogP contribution in [0.25, 0.3) is 0 Å². The van der Waals surface area contributed by atoms with E-state index in [-0.39, 0.29) is 29.5 Å². The van der Waals surface area contributed by atoms with E-state index in [0.29, 0.717) is 12.3 Å². The lowest BCUT2D eigenvalue weighted by atomic mass is 9.87. The Balaban J connectivity index is 1.35. The zero-order valence-corrected chi connectivity index (χ0v) is 17.2. The Hall–Kier alpha value is -2.06. The normalized spacial score (nSPS) is 24.7. The van der Waals surface area contributed by atoms with Crippen LogP contribution in [0.3, 0.4) is 0 Å². The average molecular weight is 421 g/mol. The molecular formula is C22H30F2N4O2. The molecule has 3 heterocycles. The standard InChI is InChI=1S/C22H30F2N4O2/c23-17-11-16(26-19-1-2-20(29)27-22(19)30)12-18(24)21(17)15-5-9-28(10-6-15)13-14-3-7-25-8-4-14/h11-12,14-15,19,25-26H,1-10,13H2,(H,27,29,30). The number of hydrogen-bond donors (Lipinski definition) is 3. The molecule has 30 heavy (non-hydrogen) atoms. The highest BCUT2D eigenvalue weighted by molar-refractivity contribution is 6.01. The highest BCUT2D eigenvalue weighted by atomic mass is 19.1. The summed E-state index contributed by atoms with van der Waals surface area (Å²) in [5.41, 5.74) is 0.386. The van der Waals surface area contributed by atoms with Crippen LogP contribution in [0, 0.1) is 17.6 Å². The Bertz CT molecular complexity index is 766. The molecule has 8 heteroatoms. The molecule has 2 amide bonds. The lowest BCUT2D eigenvalue weighted by Crippen LogP contribution is -2.47. The van der Waals surface area contributed by atoms with Gasteiger partial charge in [-0.1, -0.05) is 0 Å². The van der Waals surface area contributed by atoms with Crippen molar-refractivity contribution in [3.63, 3.8) is 0 Å². The predicted molar refractivity (Wildman–Crippen MR) is 110 cm³/mol. The van der Waals surface area contributed by atoms with E-state index in [1.807, 2.05) is 0 Å². The molecule has 1 unspecified atom stereocenters. The molecule has 1 aromatic carbocycles. The molecule has 0 saturated carbocycles. The SMILES string of the molecule is O=C1CCC(Nc2cc(F)c(C3CCN(CC4CCNCC4)CC3)c(F)c2)C(=O)N1. The molecule has 0 bridgehead atoms. The molecule has 0 aromatic heterocycles. The van der Waals surface area contributed by atoms with Crippen LogP contribution < -0.4 is 16.0 Å². The van der Waals surface area contributed by atoms with Gasteiger partial charge in [0, 0.05) is 24.2 Å². The van der Waals surface area contributed by atoms with Gasteiger partial charge in [0.15, 0.2) is 0 Å². The average Bonchev–Trinajstić information content (AvgIpc) is 2.72. The molecule has 0 aliphatic carbocycles. The smallest absolute Gasteiger partial charge is 0.249 e. The van der Waals surface area contributed by atoms with Gasteiger partial charge in [0.1, 0.15) is 17.7 Å². The zero-order valence-electron chi connectivity index (χ0n) is 17.2. The fourth-order valence-corrected chi connectivity index (χ4v) is 4.92. The van der Waals surface area contributed by atoms with Crippen molar-refractivity contribution in [2.24, 2.45) is 5.92 Å². The molecule has 3 aliphatic rings. The van der Waals surface area contributed by atoms with Gasteiger partial charge >= 0.3 is 0 Å². The molecule has 4 rings (SSSR count). The van der Waals surface area contributed by atoms with Crippen LogP contribution >= 0.6 is 0 Å². The number of rotatable bonds is 5. The largest absolute Gasteiger partial charge is 0.373 e. The first kappa shape index (κ1) is 21.2. The van der Waals surface area contributed by atoms with Gasteiger partial charge in [-0.3, -0.25) is 14.9 Å². The molecule has 1 aromatic rings. The summed E-state index contributed by atoms with van der Waals surface area (Å²) in [5.74, 6) is -1.33. The van der Waals surface area contributed by atoms with Gasteiger partial charge in [-0.15, -0.1) is 0 Å². The van der Waals surface area contributed by atoms with E-state index in [0.717, 1.165) is 45.6 Å². The van der Waals surface area contributed by atoms with Crippen molar-refractivity contribution >= 4 is 17.5 Å². The van der Waals surface area contributed by atoms with E-state index in [1.165, 1.54) is 25.0 Å². The third-order valence-corrected chi connectivity index (χ3v) is 6.63. The molecule has 3 saturated heterocycles. The number of halogens is 2. The first-order valence-electron chi connectivity index (χ1n) is 11.0. The second kappa shape index (κ2) is 9.39. The van der Waals surface area contributed by atoms with E-state index in [1.54, 1.807) is 0 Å². The fraction of sp³-hybridized carbons (Fsp3) is 0.636. The minimum absolute atomic E-state index is 0.126. The number of carbonyl (C=O) groups is 2. The molecule has 3 fully saturated rings. The minimum Gasteiger partial charge on any atom is -0.373 e. The van der Waals surface area contributed by atoms with Crippen molar-refractivity contribution < 1.29 is 18.4 Å². The molecule has 0 spiro atoms. The topological polar surface area (TPSA) is 73.5 Å². The maximum Gasteiger partial charge on any atom is 0.249 e. The highest BCUT2D eigenvalue weighted by Gasteiger charge is 2.29. The van der Waals surface area contributed by atoms with E-state index < -0.39 is 23.6 Å². The van der Waals surface area contributed by atoms with Gasteiger partial charge in [-0.05, 0) is 82.3 Å². The lowest BCUT2D eigenvalue weighted by Gasteiger charge is -2.35. The molecule has 1 atom stereocenters. The van der Waals surface area contributed by atoms with Crippen molar-refractivity contribution in [1.82, 2.24) is 15.5 Å². The molecule has 3 aliphatic heterocycles. The second-order valence-electron chi connectivity index (χ2n) is 8.77. The second-order valence-corrected chi connectivity index (χ2v) is 8.77. The first-order valence-corrected chi connectivity index (χ1v) is 11.0. The van der Waals surface area contributed by atoms with Gasteiger partial charge in [-0.2, -0.15) is 0 Å². The van der Waals surface area contributed by atoms with E-state index in [2.05, 4.69) is 20.9 Å². The van der Waals surface area contributed by atoms with Crippen LogP contribution in [0.15, 0.2) is 12.1 Å². The van der Waals surface area contributed by atoms with Gasteiger partial charge in [-0.25, -0.2) is 8.78 Å². The molecule has 0 radical (unpaired) electrons. The predicted octanol–water partition coefficient (Wildman–Crippen LogP) is 2.36. The van der Waals surface area contributed by atoms with Gasteiger partial charge in [0.05, 0.1) is 0 Å². The minimum atomic E-state index is -0.662. The monoisotopic (exact) mass is 420 g/mol. The number of nitrogens with zero attached hydrogens (tertiary/aromatic N) is 1. The number of piperidine rings is 3. The van der Waals surface area contributed by atoms with Crippen molar-refractivity contribution in [3.8, 4) is 0 Å². The summed E-state index contributed by atoms with van der Waals surface area (Å²) in [6.07, 6.45) is 4.42. The molecule has 6 nitrogen and oxygen atoms in total. The Morgan fingerprint density at radius 2 is 1.67 bits per heavy atom. The maximum absolute atomic E-state index is 14.8. The summed E-state index contributed by atoms with van der Waals surface area (Å²) in [6, 6.07) is 1.87. The Morgan fingerprint density at radius 1 is 1.00 bits per heavy atom.